The van der Waals surface area contributed by atoms with E-state index < -0.39 is 0 Å². The van der Waals surface area contributed by atoms with E-state index in [9.17, 15) is 4.79 Å². The number of carbonyl (C=O) groups is 1. The zero-order chi connectivity index (χ0) is 20.8. The molecule has 0 aliphatic carbocycles. The van der Waals surface area contributed by atoms with Crippen molar-refractivity contribution in [1.82, 2.24) is 20.0 Å². The molecule has 2 aliphatic rings. The molecule has 6 nitrogen and oxygen atoms in total. The number of halogens is 1. The maximum atomic E-state index is 12.4. The summed E-state index contributed by atoms with van der Waals surface area (Å²) < 4.78 is 0. The van der Waals surface area contributed by atoms with E-state index >= 15 is 0 Å². The van der Waals surface area contributed by atoms with Gasteiger partial charge in [-0.1, -0.05) is 17.7 Å². The van der Waals surface area contributed by atoms with Gasteiger partial charge in [0.05, 0.1) is 6.54 Å². The van der Waals surface area contributed by atoms with E-state index in [1.807, 2.05) is 11.9 Å². The number of piperazine rings is 1. The first-order chi connectivity index (χ1) is 14.0. The first kappa shape index (κ1) is 24.9. The fourth-order valence-electron chi connectivity index (χ4n) is 4.61. The van der Waals surface area contributed by atoms with Gasteiger partial charge in [0.1, 0.15) is 0 Å². The Balaban J connectivity index is 0.00000320. The van der Waals surface area contributed by atoms with Gasteiger partial charge in [-0.3, -0.25) is 14.7 Å². The SMILES string of the molecule is CN=C(NCCc1c(C)cc(C)cc1C)N1CCN(CC(=O)N2CCCC2)CC1.I. The summed E-state index contributed by atoms with van der Waals surface area (Å²) in [7, 11) is 1.86. The molecule has 1 amide bonds. The summed E-state index contributed by atoms with van der Waals surface area (Å²) in [5, 5.41) is 3.54. The Labute approximate surface area is 199 Å². The Hall–Kier alpha value is -1.35. The van der Waals surface area contributed by atoms with E-state index in [0.717, 1.165) is 71.0 Å². The van der Waals surface area contributed by atoms with Crippen molar-refractivity contribution >= 4 is 35.8 Å². The number of likely N-dealkylation sites (tertiary alicyclic amines) is 1. The molecule has 2 aliphatic heterocycles. The number of aryl methyl sites for hydroxylation is 3. The van der Waals surface area contributed by atoms with Crippen molar-refractivity contribution in [3.05, 3.63) is 34.4 Å². The highest BCUT2D eigenvalue weighted by molar-refractivity contribution is 14.0. The molecule has 0 saturated carbocycles. The van der Waals surface area contributed by atoms with E-state index in [0.29, 0.717) is 12.5 Å². The predicted molar refractivity (Wildman–Crippen MR) is 135 cm³/mol. The molecule has 0 aromatic heterocycles. The summed E-state index contributed by atoms with van der Waals surface area (Å²) in [6.45, 7) is 13.5. The highest BCUT2D eigenvalue weighted by Gasteiger charge is 2.24. The van der Waals surface area contributed by atoms with Crippen LogP contribution in [0, 0.1) is 20.8 Å². The Morgan fingerprint density at radius 1 is 0.967 bits per heavy atom. The third-order valence-corrected chi connectivity index (χ3v) is 6.20. The van der Waals surface area contributed by atoms with Crippen LogP contribution in [0.1, 0.15) is 35.1 Å². The zero-order valence-electron chi connectivity index (χ0n) is 19.0. The second-order valence-corrected chi connectivity index (χ2v) is 8.45. The number of aliphatic imine (C=N–C) groups is 1. The third-order valence-electron chi connectivity index (χ3n) is 6.20. The van der Waals surface area contributed by atoms with E-state index in [1.165, 1.54) is 22.3 Å². The van der Waals surface area contributed by atoms with Gasteiger partial charge in [0.25, 0.3) is 0 Å². The molecular weight excluding hydrogens is 489 g/mol. The highest BCUT2D eigenvalue weighted by atomic mass is 127. The molecule has 168 valence electrons. The van der Waals surface area contributed by atoms with Crippen LogP contribution in [0.15, 0.2) is 17.1 Å². The average molecular weight is 527 g/mol. The van der Waals surface area contributed by atoms with Crippen molar-refractivity contribution < 1.29 is 4.79 Å². The van der Waals surface area contributed by atoms with Crippen molar-refractivity contribution in [1.29, 1.82) is 0 Å². The highest BCUT2D eigenvalue weighted by Crippen LogP contribution is 2.16. The van der Waals surface area contributed by atoms with Crippen molar-refractivity contribution in [2.45, 2.75) is 40.0 Å². The minimum absolute atomic E-state index is 0. The van der Waals surface area contributed by atoms with Crippen LogP contribution < -0.4 is 5.32 Å². The quantitative estimate of drug-likeness (QED) is 0.364. The molecule has 1 N–H and O–H groups in total. The number of hydrogen-bond acceptors (Lipinski definition) is 3. The van der Waals surface area contributed by atoms with Gasteiger partial charge in [0.15, 0.2) is 5.96 Å². The monoisotopic (exact) mass is 527 g/mol. The van der Waals surface area contributed by atoms with E-state index in [4.69, 9.17) is 0 Å². The lowest BCUT2D eigenvalue weighted by molar-refractivity contribution is -0.131. The van der Waals surface area contributed by atoms with Crippen molar-refractivity contribution in [2.24, 2.45) is 4.99 Å². The summed E-state index contributed by atoms with van der Waals surface area (Å²) in [6.07, 6.45) is 3.31. The molecular formula is C23H38IN5O. The summed E-state index contributed by atoms with van der Waals surface area (Å²) in [5.74, 6) is 1.26. The van der Waals surface area contributed by atoms with Crippen LogP contribution in [-0.2, 0) is 11.2 Å². The number of rotatable bonds is 5. The van der Waals surface area contributed by atoms with Crippen LogP contribution in [0.2, 0.25) is 0 Å². The lowest BCUT2D eigenvalue weighted by Crippen LogP contribution is -2.54. The van der Waals surface area contributed by atoms with Crippen molar-refractivity contribution in [3.8, 4) is 0 Å². The maximum Gasteiger partial charge on any atom is 0.236 e. The molecule has 0 bridgehead atoms. The van der Waals surface area contributed by atoms with Crippen LogP contribution in [0.4, 0.5) is 0 Å². The minimum atomic E-state index is 0. The van der Waals surface area contributed by atoms with Gasteiger partial charge in [-0.2, -0.15) is 0 Å². The number of nitrogens with one attached hydrogen (secondary N) is 1. The van der Waals surface area contributed by atoms with Crippen molar-refractivity contribution in [3.63, 3.8) is 0 Å². The largest absolute Gasteiger partial charge is 0.356 e. The molecule has 7 heteroatoms. The van der Waals surface area contributed by atoms with Crippen LogP contribution >= 0.6 is 24.0 Å². The molecule has 1 aromatic rings. The van der Waals surface area contributed by atoms with Crippen LogP contribution in [-0.4, -0.2) is 86.0 Å². The van der Waals surface area contributed by atoms with E-state index in [2.05, 4.69) is 53.0 Å². The lowest BCUT2D eigenvalue weighted by atomic mass is 9.97. The Bertz CT molecular complexity index is 714. The zero-order valence-corrected chi connectivity index (χ0v) is 21.4. The van der Waals surface area contributed by atoms with Crippen LogP contribution in [0.3, 0.4) is 0 Å². The Morgan fingerprint density at radius 3 is 2.13 bits per heavy atom. The van der Waals surface area contributed by atoms with Gasteiger partial charge in [-0.05, 0) is 56.7 Å². The molecule has 2 heterocycles. The van der Waals surface area contributed by atoms with E-state index in [-0.39, 0.29) is 24.0 Å². The molecule has 0 unspecified atom stereocenters. The fraction of sp³-hybridized carbons (Fsp3) is 0.652. The van der Waals surface area contributed by atoms with Gasteiger partial charge in [-0.15, -0.1) is 24.0 Å². The molecule has 2 fully saturated rings. The third kappa shape index (κ3) is 6.57. The number of amides is 1. The van der Waals surface area contributed by atoms with Gasteiger partial charge < -0.3 is 15.1 Å². The molecule has 0 radical (unpaired) electrons. The molecule has 2 saturated heterocycles. The summed E-state index contributed by atoms with van der Waals surface area (Å²) in [6, 6.07) is 4.53. The standard InChI is InChI=1S/C23H37N5O.HI/c1-18-15-19(2)21(20(3)16-18)7-8-25-23(24-4)28-13-11-26(12-14-28)17-22(29)27-9-5-6-10-27;/h15-16H,5-14,17H2,1-4H3,(H,24,25);1H. The summed E-state index contributed by atoms with van der Waals surface area (Å²) >= 11 is 0. The van der Waals surface area contributed by atoms with Gasteiger partial charge in [-0.25, -0.2) is 0 Å². The molecule has 3 rings (SSSR count). The van der Waals surface area contributed by atoms with Crippen molar-refractivity contribution in [2.75, 3.05) is 59.4 Å². The number of nitrogens with zero attached hydrogens (tertiary/aromatic N) is 4. The first-order valence-electron chi connectivity index (χ1n) is 11.0. The van der Waals surface area contributed by atoms with E-state index in [1.54, 1.807) is 0 Å². The molecule has 0 atom stereocenters. The normalized spacial score (nSPS) is 17.8. The first-order valence-corrected chi connectivity index (χ1v) is 11.0. The van der Waals surface area contributed by atoms with Gasteiger partial charge >= 0.3 is 0 Å². The second kappa shape index (κ2) is 11.9. The Kier molecular flexibility index (Phi) is 9.87. The van der Waals surface area contributed by atoms with Gasteiger partial charge in [0.2, 0.25) is 5.91 Å². The molecule has 30 heavy (non-hydrogen) atoms. The Morgan fingerprint density at radius 2 is 1.57 bits per heavy atom. The number of hydrogen-bond donors (Lipinski definition) is 1. The average Bonchev–Trinajstić information content (AvgIpc) is 3.23. The van der Waals surface area contributed by atoms with Crippen LogP contribution in [0.5, 0.6) is 0 Å². The topological polar surface area (TPSA) is 51.2 Å². The molecule has 0 spiro atoms. The fourth-order valence-corrected chi connectivity index (χ4v) is 4.61. The number of carbonyl (C=O) groups excluding carboxylic acids is 1. The van der Waals surface area contributed by atoms with Gasteiger partial charge in [0, 0.05) is 52.9 Å². The smallest absolute Gasteiger partial charge is 0.236 e. The number of benzene rings is 1. The summed E-state index contributed by atoms with van der Waals surface area (Å²) in [5.41, 5.74) is 5.50. The minimum Gasteiger partial charge on any atom is -0.356 e. The summed E-state index contributed by atoms with van der Waals surface area (Å²) in [4.78, 5) is 23.5. The lowest BCUT2D eigenvalue weighted by Gasteiger charge is -2.36. The van der Waals surface area contributed by atoms with Crippen LogP contribution in [0.25, 0.3) is 0 Å². The maximum absolute atomic E-state index is 12.4. The predicted octanol–water partition coefficient (Wildman–Crippen LogP) is 2.59. The number of guanidine groups is 1. The molecule has 1 aromatic carbocycles. The second-order valence-electron chi connectivity index (χ2n) is 8.45.